The third kappa shape index (κ3) is 3.44. The van der Waals surface area contributed by atoms with E-state index in [-0.39, 0.29) is 0 Å². The molecule has 0 unspecified atom stereocenters. The third-order valence-corrected chi connectivity index (χ3v) is 2.99. The third-order valence-electron chi connectivity index (χ3n) is 2.99. The second-order valence-corrected chi connectivity index (χ2v) is 4.54. The summed E-state index contributed by atoms with van der Waals surface area (Å²) in [5, 5.41) is 16.6. The molecule has 1 N–H and O–H groups in total. The lowest BCUT2D eigenvalue weighted by Crippen LogP contribution is -2.18. The standard InChI is InChI=1S/C15H18N4O/c1-19-11-14(10-17-7-8-20-2)15(18-19)13-5-3-12(9-16)4-6-13/h3-6,11,17H,7-8,10H2,1-2H3. The van der Waals surface area contributed by atoms with Crippen LogP contribution in [0.15, 0.2) is 30.5 Å². The summed E-state index contributed by atoms with van der Waals surface area (Å²) < 4.78 is 6.82. The van der Waals surface area contributed by atoms with Gasteiger partial charge < -0.3 is 10.1 Å². The van der Waals surface area contributed by atoms with Gasteiger partial charge in [0.2, 0.25) is 0 Å². The Labute approximate surface area is 118 Å². The van der Waals surface area contributed by atoms with E-state index in [0.717, 1.165) is 29.9 Å². The van der Waals surface area contributed by atoms with Gasteiger partial charge in [0.1, 0.15) is 0 Å². The monoisotopic (exact) mass is 270 g/mol. The minimum absolute atomic E-state index is 0.657. The molecule has 0 bridgehead atoms. The van der Waals surface area contributed by atoms with Crippen molar-refractivity contribution in [3.8, 4) is 17.3 Å². The highest BCUT2D eigenvalue weighted by atomic mass is 16.5. The van der Waals surface area contributed by atoms with E-state index in [0.29, 0.717) is 12.2 Å². The van der Waals surface area contributed by atoms with E-state index < -0.39 is 0 Å². The van der Waals surface area contributed by atoms with Crippen LogP contribution in [0.5, 0.6) is 0 Å². The van der Waals surface area contributed by atoms with E-state index in [9.17, 15) is 0 Å². The van der Waals surface area contributed by atoms with Gasteiger partial charge in [-0.15, -0.1) is 0 Å². The number of rotatable bonds is 6. The minimum Gasteiger partial charge on any atom is -0.383 e. The molecule has 1 heterocycles. The van der Waals surface area contributed by atoms with Crippen LogP contribution in [0.4, 0.5) is 0 Å². The van der Waals surface area contributed by atoms with Crippen LogP contribution in [-0.4, -0.2) is 30.0 Å². The summed E-state index contributed by atoms with van der Waals surface area (Å²) in [6.45, 7) is 2.23. The fraction of sp³-hybridized carbons (Fsp3) is 0.333. The second kappa shape index (κ2) is 6.85. The molecule has 0 atom stereocenters. The van der Waals surface area contributed by atoms with Crippen molar-refractivity contribution in [2.24, 2.45) is 7.05 Å². The zero-order valence-electron chi connectivity index (χ0n) is 11.8. The predicted molar refractivity (Wildman–Crippen MR) is 76.9 cm³/mol. The molecule has 0 radical (unpaired) electrons. The number of nitrogens with zero attached hydrogens (tertiary/aromatic N) is 3. The van der Waals surface area contributed by atoms with Gasteiger partial charge in [-0.3, -0.25) is 4.68 Å². The molecular formula is C15H18N4O. The molecule has 0 aliphatic carbocycles. The highest BCUT2D eigenvalue weighted by Gasteiger charge is 2.09. The fourth-order valence-corrected chi connectivity index (χ4v) is 2.01. The van der Waals surface area contributed by atoms with E-state index in [1.807, 2.05) is 37.5 Å². The quantitative estimate of drug-likeness (QED) is 0.811. The molecule has 20 heavy (non-hydrogen) atoms. The smallest absolute Gasteiger partial charge is 0.0991 e. The fourth-order valence-electron chi connectivity index (χ4n) is 2.01. The SMILES string of the molecule is COCCNCc1cn(C)nc1-c1ccc(C#N)cc1. The van der Waals surface area contributed by atoms with Crippen molar-refractivity contribution in [1.82, 2.24) is 15.1 Å². The molecule has 1 aromatic heterocycles. The predicted octanol–water partition coefficient (Wildman–Crippen LogP) is 1.69. The average molecular weight is 270 g/mol. The Morgan fingerprint density at radius 3 is 2.75 bits per heavy atom. The normalized spacial score (nSPS) is 10.4. The maximum Gasteiger partial charge on any atom is 0.0991 e. The van der Waals surface area contributed by atoms with Crippen LogP contribution >= 0.6 is 0 Å². The minimum atomic E-state index is 0.657. The number of nitrogens with one attached hydrogen (secondary N) is 1. The number of aryl methyl sites for hydroxylation is 1. The Balaban J connectivity index is 2.16. The Bertz CT molecular complexity index is 595. The summed E-state index contributed by atoms with van der Waals surface area (Å²) in [6, 6.07) is 9.61. The molecule has 0 amide bonds. The molecule has 0 aliphatic rings. The Kier molecular flexibility index (Phi) is 4.88. The molecule has 5 nitrogen and oxygen atoms in total. The number of hydrogen-bond acceptors (Lipinski definition) is 4. The maximum absolute atomic E-state index is 8.83. The van der Waals surface area contributed by atoms with Crippen LogP contribution in [0.25, 0.3) is 11.3 Å². The van der Waals surface area contributed by atoms with Gasteiger partial charge in [-0.05, 0) is 12.1 Å². The van der Waals surface area contributed by atoms with Gasteiger partial charge in [0, 0.05) is 44.6 Å². The van der Waals surface area contributed by atoms with Crippen LogP contribution in [0, 0.1) is 11.3 Å². The van der Waals surface area contributed by atoms with E-state index in [4.69, 9.17) is 10.00 Å². The van der Waals surface area contributed by atoms with Gasteiger partial charge in [-0.25, -0.2) is 0 Å². The zero-order chi connectivity index (χ0) is 14.4. The van der Waals surface area contributed by atoms with Crippen molar-refractivity contribution in [1.29, 1.82) is 5.26 Å². The number of nitriles is 1. The Morgan fingerprint density at radius 2 is 2.10 bits per heavy atom. The van der Waals surface area contributed by atoms with E-state index in [2.05, 4.69) is 16.5 Å². The number of benzene rings is 1. The first kappa shape index (κ1) is 14.3. The Morgan fingerprint density at radius 1 is 1.35 bits per heavy atom. The van der Waals surface area contributed by atoms with Gasteiger partial charge in [-0.2, -0.15) is 10.4 Å². The van der Waals surface area contributed by atoms with Crippen molar-refractivity contribution in [3.63, 3.8) is 0 Å². The van der Waals surface area contributed by atoms with Crippen LogP contribution in [0.2, 0.25) is 0 Å². The summed E-state index contributed by atoms with van der Waals surface area (Å²) in [6.07, 6.45) is 2.01. The highest BCUT2D eigenvalue weighted by Crippen LogP contribution is 2.22. The lowest BCUT2D eigenvalue weighted by Gasteiger charge is -2.04. The van der Waals surface area contributed by atoms with Crippen molar-refractivity contribution < 1.29 is 4.74 Å². The van der Waals surface area contributed by atoms with Crippen LogP contribution < -0.4 is 5.32 Å². The molecule has 0 saturated carbocycles. The van der Waals surface area contributed by atoms with E-state index in [1.54, 1.807) is 11.8 Å². The number of ether oxygens (including phenoxy) is 1. The number of methoxy groups -OCH3 is 1. The summed E-state index contributed by atoms with van der Waals surface area (Å²) in [5.74, 6) is 0. The lowest BCUT2D eigenvalue weighted by atomic mass is 10.1. The average Bonchev–Trinajstić information content (AvgIpc) is 2.85. The molecule has 0 aliphatic heterocycles. The van der Waals surface area contributed by atoms with Gasteiger partial charge in [-0.1, -0.05) is 12.1 Å². The summed E-state index contributed by atoms with van der Waals surface area (Å²) in [4.78, 5) is 0. The summed E-state index contributed by atoms with van der Waals surface area (Å²) >= 11 is 0. The topological polar surface area (TPSA) is 62.9 Å². The van der Waals surface area contributed by atoms with Crippen molar-refractivity contribution in [3.05, 3.63) is 41.6 Å². The first-order valence-electron chi connectivity index (χ1n) is 6.47. The maximum atomic E-state index is 8.83. The number of aromatic nitrogens is 2. The molecule has 2 rings (SSSR count). The molecular weight excluding hydrogens is 252 g/mol. The van der Waals surface area contributed by atoms with Crippen molar-refractivity contribution in [2.45, 2.75) is 6.54 Å². The summed E-state index contributed by atoms with van der Waals surface area (Å²) in [5.41, 5.74) is 3.76. The molecule has 5 heteroatoms. The van der Waals surface area contributed by atoms with Crippen LogP contribution in [-0.2, 0) is 18.3 Å². The van der Waals surface area contributed by atoms with Gasteiger partial charge in [0.05, 0.1) is 23.9 Å². The molecule has 0 fully saturated rings. The van der Waals surface area contributed by atoms with Crippen LogP contribution in [0.1, 0.15) is 11.1 Å². The van der Waals surface area contributed by atoms with Gasteiger partial charge in [0.15, 0.2) is 0 Å². The van der Waals surface area contributed by atoms with Crippen LogP contribution in [0.3, 0.4) is 0 Å². The number of hydrogen-bond donors (Lipinski definition) is 1. The van der Waals surface area contributed by atoms with Gasteiger partial charge in [0.25, 0.3) is 0 Å². The zero-order valence-corrected chi connectivity index (χ0v) is 11.8. The molecule has 1 aromatic carbocycles. The van der Waals surface area contributed by atoms with E-state index >= 15 is 0 Å². The highest BCUT2D eigenvalue weighted by molar-refractivity contribution is 5.63. The van der Waals surface area contributed by atoms with Gasteiger partial charge >= 0.3 is 0 Å². The lowest BCUT2D eigenvalue weighted by molar-refractivity contribution is 0.199. The first-order chi connectivity index (χ1) is 9.74. The molecule has 0 spiro atoms. The van der Waals surface area contributed by atoms with Crippen molar-refractivity contribution >= 4 is 0 Å². The molecule has 0 saturated heterocycles. The first-order valence-corrected chi connectivity index (χ1v) is 6.47. The summed E-state index contributed by atoms with van der Waals surface area (Å²) in [7, 11) is 3.60. The molecule has 2 aromatic rings. The second-order valence-electron chi connectivity index (χ2n) is 4.54. The Hall–Kier alpha value is -2.16. The van der Waals surface area contributed by atoms with Crippen molar-refractivity contribution in [2.75, 3.05) is 20.3 Å². The molecule has 104 valence electrons. The largest absolute Gasteiger partial charge is 0.383 e. The van der Waals surface area contributed by atoms with E-state index in [1.165, 1.54) is 0 Å².